The molecule has 0 aliphatic rings. The highest BCUT2D eigenvalue weighted by atomic mass is 79.9. The van der Waals surface area contributed by atoms with Crippen molar-refractivity contribution in [3.8, 4) is 0 Å². The SMILES string of the molecule is Cc1cc(F)cc(C)c1S(=O)(=O)NC(C)CCCBr. The van der Waals surface area contributed by atoms with E-state index in [0.717, 1.165) is 18.2 Å². The van der Waals surface area contributed by atoms with Crippen molar-refractivity contribution in [2.24, 2.45) is 0 Å². The number of rotatable bonds is 6. The van der Waals surface area contributed by atoms with Crippen LogP contribution in [0.3, 0.4) is 0 Å². The summed E-state index contributed by atoms with van der Waals surface area (Å²) in [4.78, 5) is 0.180. The first-order valence-electron chi connectivity index (χ1n) is 6.13. The molecule has 0 saturated heterocycles. The van der Waals surface area contributed by atoms with Crippen molar-refractivity contribution in [1.82, 2.24) is 4.72 Å². The van der Waals surface area contributed by atoms with Crippen LogP contribution in [-0.4, -0.2) is 19.8 Å². The predicted molar refractivity (Wildman–Crippen MR) is 78.7 cm³/mol. The first-order valence-corrected chi connectivity index (χ1v) is 8.73. The number of hydrogen-bond donors (Lipinski definition) is 1. The van der Waals surface area contributed by atoms with Crippen molar-refractivity contribution in [3.63, 3.8) is 0 Å². The monoisotopic (exact) mass is 351 g/mol. The molecule has 6 heteroatoms. The van der Waals surface area contributed by atoms with Gasteiger partial charge in [-0.05, 0) is 56.9 Å². The standard InChI is InChI=1S/C13H19BrFNO2S/c1-9-7-12(15)8-10(2)13(9)19(17,18)16-11(3)5-4-6-14/h7-8,11,16H,4-6H2,1-3H3. The number of nitrogens with one attached hydrogen (secondary N) is 1. The Balaban J connectivity index is 3.01. The number of alkyl halides is 1. The van der Waals surface area contributed by atoms with Crippen LogP contribution >= 0.6 is 15.9 Å². The lowest BCUT2D eigenvalue weighted by molar-refractivity contribution is 0.543. The molecule has 19 heavy (non-hydrogen) atoms. The van der Waals surface area contributed by atoms with Gasteiger partial charge in [0.15, 0.2) is 0 Å². The van der Waals surface area contributed by atoms with Crippen LogP contribution in [0.5, 0.6) is 0 Å². The second-order valence-electron chi connectivity index (χ2n) is 4.72. The molecule has 1 N–H and O–H groups in total. The average molecular weight is 352 g/mol. The third kappa shape index (κ3) is 4.54. The molecule has 0 aliphatic heterocycles. The Kier molecular flexibility index (Phi) is 5.95. The molecular weight excluding hydrogens is 333 g/mol. The summed E-state index contributed by atoms with van der Waals surface area (Å²) in [6, 6.07) is 2.33. The summed E-state index contributed by atoms with van der Waals surface area (Å²) in [6.07, 6.45) is 1.65. The van der Waals surface area contributed by atoms with Crippen LogP contribution in [0.2, 0.25) is 0 Å². The van der Waals surface area contributed by atoms with Gasteiger partial charge in [-0.15, -0.1) is 0 Å². The molecule has 1 unspecified atom stereocenters. The van der Waals surface area contributed by atoms with Crippen molar-refractivity contribution in [3.05, 3.63) is 29.1 Å². The van der Waals surface area contributed by atoms with Crippen LogP contribution < -0.4 is 4.72 Å². The van der Waals surface area contributed by atoms with E-state index in [1.807, 2.05) is 6.92 Å². The molecular formula is C13H19BrFNO2S. The molecule has 0 heterocycles. The number of sulfonamides is 1. The average Bonchev–Trinajstić information content (AvgIpc) is 2.23. The molecule has 1 aromatic rings. The van der Waals surface area contributed by atoms with Crippen LogP contribution in [0.15, 0.2) is 17.0 Å². The van der Waals surface area contributed by atoms with E-state index < -0.39 is 15.8 Å². The summed E-state index contributed by atoms with van der Waals surface area (Å²) in [6.45, 7) is 5.04. The minimum atomic E-state index is -3.60. The first kappa shape index (κ1) is 16.6. The van der Waals surface area contributed by atoms with Crippen LogP contribution in [0.4, 0.5) is 4.39 Å². The van der Waals surface area contributed by atoms with E-state index in [1.54, 1.807) is 13.8 Å². The molecule has 0 bridgehead atoms. The van der Waals surface area contributed by atoms with Crippen LogP contribution in [0, 0.1) is 19.7 Å². The van der Waals surface area contributed by atoms with E-state index >= 15 is 0 Å². The van der Waals surface area contributed by atoms with Crippen molar-refractivity contribution < 1.29 is 12.8 Å². The van der Waals surface area contributed by atoms with Crippen LogP contribution in [-0.2, 0) is 10.0 Å². The quantitative estimate of drug-likeness (QED) is 0.799. The largest absolute Gasteiger partial charge is 0.241 e. The van der Waals surface area contributed by atoms with E-state index in [4.69, 9.17) is 0 Å². The lowest BCUT2D eigenvalue weighted by atomic mass is 10.1. The Bertz CT molecular complexity index is 523. The van der Waals surface area contributed by atoms with E-state index in [9.17, 15) is 12.8 Å². The molecule has 0 spiro atoms. The Morgan fingerprint density at radius 1 is 1.32 bits per heavy atom. The van der Waals surface area contributed by atoms with Gasteiger partial charge in [0.1, 0.15) is 5.82 Å². The maximum Gasteiger partial charge on any atom is 0.241 e. The molecule has 1 aromatic carbocycles. The Hall–Kier alpha value is -0.460. The van der Waals surface area contributed by atoms with E-state index in [0.29, 0.717) is 11.1 Å². The molecule has 3 nitrogen and oxygen atoms in total. The lowest BCUT2D eigenvalue weighted by Gasteiger charge is -2.16. The molecule has 1 rings (SSSR count). The van der Waals surface area contributed by atoms with Crippen LogP contribution in [0.25, 0.3) is 0 Å². The second-order valence-corrected chi connectivity index (χ2v) is 7.17. The van der Waals surface area contributed by atoms with Gasteiger partial charge < -0.3 is 0 Å². The third-order valence-electron chi connectivity index (χ3n) is 2.82. The zero-order valence-corrected chi connectivity index (χ0v) is 13.7. The van der Waals surface area contributed by atoms with Gasteiger partial charge in [-0.2, -0.15) is 0 Å². The van der Waals surface area contributed by atoms with Gasteiger partial charge in [0.05, 0.1) is 4.90 Å². The lowest BCUT2D eigenvalue weighted by Crippen LogP contribution is -2.33. The minimum Gasteiger partial charge on any atom is -0.208 e. The normalized spacial score (nSPS) is 13.5. The van der Waals surface area contributed by atoms with E-state index in [-0.39, 0.29) is 10.9 Å². The molecule has 0 aliphatic carbocycles. The zero-order valence-electron chi connectivity index (χ0n) is 11.3. The van der Waals surface area contributed by atoms with Crippen molar-refractivity contribution in [2.75, 3.05) is 5.33 Å². The van der Waals surface area contributed by atoms with Gasteiger partial charge >= 0.3 is 0 Å². The summed E-state index contributed by atoms with van der Waals surface area (Å²) in [5.41, 5.74) is 0.857. The number of hydrogen-bond acceptors (Lipinski definition) is 2. The minimum absolute atomic E-state index is 0.147. The predicted octanol–water partition coefficient (Wildman–Crippen LogP) is 3.28. The topological polar surface area (TPSA) is 46.2 Å². The fourth-order valence-corrected chi connectivity index (χ4v) is 4.14. The molecule has 108 valence electrons. The van der Waals surface area contributed by atoms with Gasteiger partial charge in [0, 0.05) is 11.4 Å². The Morgan fingerprint density at radius 2 is 1.84 bits per heavy atom. The van der Waals surface area contributed by atoms with Gasteiger partial charge in [-0.25, -0.2) is 17.5 Å². The summed E-state index contributed by atoms with van der Waals surface area (Å²) in [7, 11) is -3.60. The summed E-state index contributed by atoms with van der Waals surface area (Å²) in [5, 5.41) is 0.841. The van der Waals surface area contributed by atoms with Crippen LogP contribution in [0.1, 0.15) is 30.9 Å². The molecule has 0 aromatic heterocycles. The molecule has 0 radical (unpaired) electrons. The third-order valence-corrected chi connectivity index (χ3v) is 5.28. The molecule has 0 amide bonds. The molecule has 0 fully saturated rings. The molecule has 0 saturated carbocycles. The maximum absolute atomic E-state index is 13.2. The van der Waals surface area contributed by atoms with Gasteiger partial charge in [0.2, 0.25) is 10.0 Å². The maximum atomic E-state index is 13.2. The second kappa shape index (κ2) is 6.81. The van der Waals surface area contributed by atoms with Gasteiger partial charge in [-0.1, -0.05) is 15.9 Å². The van der Waals surface area contributed by atoms with Gasteiger partial charge in [-0.3, -0.25) is 0 Å². The fourth-order valence-electron chi connectivity index (χ4n) is 2.09. The highest BCUT2D eigenvalue weighted by Gasteiger charge is 2.22. The van der Waals surface area contributed by atoms with Crippen molar-refractivity contribution >= 4 is 26.0 Å². The van der Waals surface area contributed by atoms with Crippen molar-refractivity contribution in [2.45, 2.75) is 44.6 Å². The first-order chi connectivity index (χ1) is 8.77. The fraction of sp³-hybridized carbons (Fsp3) is 0.538. The number of halogens is 2. The zero-order chi connectivity index (χ0) is 14.6. The highest BCUT2D eigenvalue weighted by Crippen LogP contribution is 2.21. The summed E-state index contributed by atoms with van der Waals surface area (Å²) < 4.78 is 40.5. The molecule has 1 atom stereocenters. The number of benzene rings is 1. The smallest absolute Gasteiger partial charge is 0.208 e. The Labute approximate surface area is 122 Å². The number of aryl methyl sites for hydroxylation is 2. The summed E-state index contributed by atoms with van der Waals surface area (Å²) in [5.74, 6) is -0.415. The van der Waals surface area contributed by atoms with E-state index in [1.165, 1.54) is 12.1 Å². The summed E-state index contributed by atoms with van der Waals surface area (Å²) >= 11 is 3.31. The van der Waals surface area contributed by atoms with E-state index in [2.05, 4.69) is 20.7 Å². The Morgan fingerprint density at radius 3 is 2.32 bits per heavy atom. The van der Waals surface area contributed by atoms with Crippen molar-refractivity contribution in [1.29, 1.82) is 0 Å². The highest BCUT2D eigenvalue weighted by molar-refractivity contribution is 9.09. The van der Waals surface area contributed by atoms with Gasteiger partial charge in [0.25, 0.3) is 0 Å².